The van der Waals surface area contributed by atoms with Crippen molar-refractivity contribution in [1.29, 1.82) is 0 Å². The van der Waals surface area contributed by atoms with Gasteiger partial charge >= 0.3 is 6.09 Å². The lowest BCUT2D eigenvalue weighted by Crippen LogP contribution is -2.57. The number of ether oxygens (including phenoxy) is 2. The van der Waals surface area contributed by atoms with Crippen molar-refractivity contribution in [3.05, 3.63) is 29.5 Å². The second-order valence-corrected chi connectivity index (χ2v) is 7.99. The molecule has 4 rings (SSSR count). The van der Waals surface area contributed by atoms with Gasteiger partial charge in [0.05, 0.1) is 7.11 Å². The van der Waals surface area contributed by atoms with E-state index in [0.29, 0.717) is 13.0 Å². The molecule has 0 bridgehead atoms. The van der Waals surface area contributed by atoms with E-state index < -0.39 is 17.4 Å². The molecule has 2 fully saturated rings. The minimum Gasteiger partial charge on any atom is -0.497 e. The Bertz CT molecular complexity index is 864. The third-order valence-corrected chi connectivity index (χ3v) is 6.47. The minimum atomic E-state index is -1.28. The lowest BCUT2D eigenvalue weighted by Gasteiger charge is -2.42. The molecule has 146 valence electrons. The summed E-state index contributed by atoms with van der Waals surface area (Å²) in [6, 6.07) is 5.94. The molecule has 27 heavy (non-hydrogen) atoms. The van der Waals surface area contributed by atoms with Crippen LogP contribution in [0.1, 0.15) is 50.3 Å². The number of nitrogens with zero attached hydrogens (tertiary/aromatic N) is 1. The van der Waals surface area contributed by atoms with Gasteiger partial charge in [-0.3, -0.25) is 4.90 Å². The van der Waals surface area contributed by atoms with Crippen LogP contribution in [0.5, 0.6) is 5.75 Å². The molecule has 0 radical (unpaired) electrons. The number of methoxy groups -OCH3 is 1. The molecule has 2 heterocycles. The second-order valence-electron chi connectivity index (χ2n) is 7.99. The van der Waals surface area contributed by atoms with Gasteiger partial charge in [-0.25, -0.2) is 4.79 Å². The molecule has 1 aliphatic heterocycles. The van der Waals surface area contributed by atoms with E-state index in [4.69, 9.17) is 9.47 Å². The number of aryl methyl sites for hydroxylation is 1. The molecule has 1 atom stereocenters. The molecule has 1 aromatic heterocycles. The van der Waals surface area contributed by atoms with Crippen molar-refractivity contribution in [2.24, 2.45) is 0 Å². The third kappa shape index (κ3) is 2.78. The number of carbonyl (C=O) groups excluding carboxylic acids is 1. The van der Waals surface area contributed by atoms with Crippen LogP contribution in [0.15, 0.2) is 18.2 Å². The third-order valence-electron chi connectivity index (χ3n) is 6.47. The van der Waals surface area contributed by atoms with Crippen LogP contribution in [0, 0.1) is 6.92 Å². The van der Waals surface area contributed by atoms with Gasteiger partial charge in [-0.2, -0.15) is 0 Å². The number of aliphatic hydroxyl groups is 1. The number of aromatic amines is 1. The highest BCUT2D eigenvalue weighted by Crippen LogP contribution is 2.47. The SMILES string of the molecule is COc1ccc2[nH]c(C)c(CCN3C(=O)OC4(CCCCC4)C3(C)O)c2c1. The summed E-state index contributed by atoms with van der Waals surface area (Å²) in [5, 5.41) is 12.3. The van der Waals surface area contributed by atoms with E-state index >= 15 is 0 Å². The van der Waals surface area contributed by atoms with Crippen molar-refractivity contribution in [3.63, 3.8) is 0 Å². The van der Waals surface area contributed by atoms with Crippen LogP contribution in [-0.2, 0) is 11.2 Å². The summed E-state index contributed by atoms with van der Waals surface area (Å²) in [6.07, 6.45) is 4.79. The summed E-state index contributed by atoms with van der Waals surface area (Å²) in [5.41, 5.74) is 1.21. The molecule has 2 aromatic rings. The van der Waals surface area contributed by atoms with E-state index in [1.54, 1.807) is 14.0 Å². The molecule has 2 N–H and O–H groups in total. The largest absolute Gasteiger partial charge is 0.497 e. The fraction of sp³-hybridized carbons (Fsp3) is 0.571. The number of fused-ring (bicyclic) bond motifs is 1. The van der Waals surface area contributed by atoms with Gasteiger partial charge < -0.3 is 19.6 Å². The zero-order valence-corrected chi connectivity index (χ0v) is 16.3. The smallest absolute Gasteiger partial charge is 0.412 e. The number of nitrogens with one attached hydrogen (secondary N) is 1. The van der Waals surface area contributed by atoms with Crippen LogP contribution < -0.4 is 4.74 Å². The molecule has 1 unspecified atom stereocenters. The Labute approximate surface area is 159 Å². The fourth-order valence-corrected chi connectivity index (χ4v) is 4.78. The highest BCUT2D eigenvalue weighted by atomic mass is 16.6. The molecule has 1 amide bonds. The van der Waals surface area contributed by atoms with Gasteiger partial charge in [-0.05, 0) is 69.7 Å². The average molecular weight is 372 g/mol. The van der Waals surface area contributed by atoms with Gasteiger partial charge in [-0.15, -0.1) is 0 Å². The van der Waals surface area contributed by atoms with E-state index in [9.17, 15) is 9.90 Å². The number of hydrogen-bond acceptors (Lipinski definition) is 4. The second kappa shape index (κ2) is 6.44. The van der Waals surface area contributed by atoms with Crippen molar-refractivity contribution in [3.8, 4) is 5.75 Å². The maximum atomic E-state index is 12.6. The number of amides is 1. The van der Waals surface area contributed by atoms with Gasteiger partial charge in [0.1, 0.15) is 5.75 Å². The van der Waals surface area contributed by atoms with Crippen molar-refractivity contribution in [1.82, 2.24) is 9.88 Å². The molecule has 1 saturated carbocycles. The molecule has 1 spiro atoms. The normalized spacial score (nSPS) is 24.6. The van der Waals surface area contributed by atoms with Crippen molar-refractivity contribution < 1.29 is 19.4 Å². The van der Waals surface area contributed by atoms with E-state index in [1.807, 2.05) is 25.1 Å². The Hall–Kier alpha value is -2.21. The molecular weight excluding hydrogens is 344 g/mol. The molecule has 2 aliphatic rings. The topological polar surface area (TPSA) is 74.8 Å². The van der Waals surface area contributed by atoms with Crippen LogP contribution in [-0.4, -0.2) is 46.1 Å². The average Bonchev–Trinajstić information content (AvgIpc) is 3.04. The Morgan fingerprint density at radius 1 is 1.30 bits per heavy atom. The Kier molecular flexibility index (Phi) is 4.34. The van der Waals surface area contributed by atoms with Gasteiger partial charge in [0.25, 0.3) is 0 Å². The Balaban J connectivity index is 1.59. The summed E-state index contributed by atoms with van der Waals surface area (Å²) < 4.78 is 11.1. The van der Waals surface area contributed by atoms with Crippen molar-refractivity contribution >= 4 is 17.0 Å². The zero-order chi connectivity index (χ0) is 19.2. The van der Waals surface area contributed by atoms with Crippen LogP contribution in [0.2, 0.25) is 0 Å². The first-order chi connectivity index (χ1) is 12.9. The van der Waals surface area contributed by atoms with Crippen LogP contribution in [0.4, 0.5) is 4.79 Å². The van der Waals surface area contributed by atoms with Gasteiger partial charge in [-0.1, -0.05) is 6.42 Å². The summed E-state index contributed by atoms with van der Waals surface area (Å²) >= 11 is 0. The first-order valence-electron chi connectivity index (χ1n) is 9.76. The first kappa shape index (κ1) is 18.2. The minimum absolute atomic E-state index is 0.406. The number of aromatic nitrogens is 1. The Morgan fingerprint density at radius 3 is 2.74 bits per heavy atom. The molecule has 6 nitrogen and oxygen atoms in total. The highest BCUT2D eigenvalue weighted by molar-refractivity contribution is 5.86. The quantitative estimate of drug-likeness (QED) is 0.854. The molecule has 6 heteroatoms. The number of benzene rings is 1. The number of carbonyl (C=O) groups is 1. The zero-order valence-electron chi connectivity index (χ0n) is 16.3. The van der Waals surface area contributed by atoms with E-state index in [1.165, 1.54) is 4.90 Å². The van der Waals surface area contributed by atoms with Gasteiger partial charge in [0.2, 0.25) is 0 Å². The predicted octanol–water partition coefficient (Wildman–Crippen LogP) is 3.89. The van der Waals surface area contributed by atoms with Crippen LogP contribution >= 0.6 is 0 Å². The summed E-state index contributed by atoms with van der Waals surface area (Å²) in [5.74, 6) is 0.802. The predicted molar refractivity (Wildman–Crippen MR) is 103 cm³/mol. The van der Waals surface area contributed by atoms with Crippen LogP contribution in [0.25, 0.3) is 10.9 Å². The Morgan fingerprint density at radius 2 is 2.04 bits per heavy atom. The number of hydrogen-bond donors (Lipinski definition) is 2. The highest BCUT2D eigenvalue weighted by Gasteiger charge is 2.61. The maximum absolute atomic E-state index is 12.6. The maximum Gasteiger partial charge on any atom is 0.412 e. The van der Waals surface area contributed by atoms with Gasteiger partial charge in [0, 0.05) is 23.1 Å². The van der Waals surface area contributed by atoms with Crippen molar-refractivity contribution in [2.45, 2.75) is 63.7 Å². The lowest BCUT2D eigenvalue weighted by molar-refractivity contribution is -0.158. The number of rotatable bonds is 4. The first-order valence-corrected chi connectivity index (χ1v) is 9.76. The lowest BCUT2D eigenvalue weighted by atomic mass is 9.77. The monoisotopic (exact) mass is 372 g/mol. The summed E-state index contributed by atoms with van der Waals surface area (Å²) in [6.45, 7) is 4.18. The van der Waals surface area contributed by atoms with E-state index in [-0.39, 0.29) is 0 Å². The van der Waals surface area contributed by atoms with Crippen LogP contribution in [0.3, 0.4) is 0 Å². The summed E-state index contributed by atoms with van der Waals surface area (Å²) in [4.78, 5) is 17.5. The fourth-order valence-electron chi connectivity index (χ4n) is 4.78. The van der Waals surface area contributed by atoms with E-state index in [2.05, 4.69) is 4.98 Å². The van der Waals surface area contributed by atoms with E-state index in [0.717, 1.165) is 60.0 Å². The number of H-pyrrole nitrogens is 1. The van der Waals surface area contributed by atoms with Crippen molar-refractivity contribution in [2.75, 3.05) is 13.7 Å². The molecule has 1 saturated heterocycles. The molecule has 1 aromatic carbocycles. The molecule has 1 aliphatic carbocycles. The summed E-state index contributed by atoms with van der Waals surface area (Å²) in [7, 11) is 1.65. The molecular formula is C21H28N2O4. The standard InChI is InChI=1S/C21H28N2O4/c1-14-16(17-13-15(26-3)7-8-18(17)22-14)9-12-23-19(24)27-21(20(23,2)25)10-5-4-6-11-21/h7-8,13,22,25H,4-6,9-12H2,1-3H3. The van der Waals surface area contributed by atoms with Gasteiger partial charge in [0.15, 0.2) is 11.3 Å².